The number of Topliss-reactive ketones (excluding diaryl/α,β-unsaturated/α-hetero) is 1. The van der Waals surface area contributed by atoms with Crippen LogP contribution in [0.15, 0.2) is 15.8 Å². The van der Waals surface area contributed by atoms with Crippen molar-refractivity contribution in [2.75, 3.05) is 6.61 Å². The molecule has 104 valence electrons. The molecule has 0 spiro atoms. The van der Waals surface area contributed by atoms with Gasteiger partial charge in [0, 0.05) is 12.6 Å². The van der Waals surface area contributed by atoms with Gasteiger partial charge in [0.25, 0.3) is 5.56 Å². The lowest BCUT2D eigenvalue weighted by Crippen LogP contribution is -2.35. The SMILES string of the molecule is CC(=O)c1cn([C@H]2C[C@@H](O)[C@H](CO)O2)c(=O)[nH]c1=O. The predicted molar refractivity (Wildman–Crippen MR) is 62.9 cm³/mol. The maximum absolute atomic E-state index is 11.7. The van der Waals surface area contributed by atoms with Crippen molar-refractivity contribution in [3.63, 3.8) is 0 Å². The highest BCUT2D eigenvalue weighted by Gasteiger charge is 2.35. The maximum Gasteiger partial charge on any atom is 0.330 e. The van der Waals surface area contributed by atoms with Gasteiger partial charge in [-0.2, -0.15) is 0 Å². The van der Waals surface area contributed by atoms with E-state index in [1.54, 1.807) is 0 Å². The van der Waals surface area contributed by atoms with E-state index < -0.39 is 35.5 Å². The third-order valence-corrected chi connectivity index (χ3v) is 3.04. The van der Waals surface area contributed by atoms with E-state index in [1.165, 1.54) is 6.92 Å². The van der Waals surface area contributed by atoms with E-state index in [4.69, 9.17) is 9.84 Å². The molecule has 1 aliphatic heterocycles. The topological polar surface area (TPSA) is 122 Å². The maximum atomic E-state index is 11.7. The number of aliphatic hydroxyl groups is 2. The summed E-state index contributed by atoms with van der Waals surface area (Å²) >= 11 is 0. The highest BCUT2D eigenvalue weighted by molar-refractivity contribution is 5.93. The average Bonchev–Trinajstić information content (AvgIpc) is 2.69. The number of carbonyl (C=O) groups is 1. The second kappa shape index (κ2) is 5.08. The molecule has 1 aliphatic rings. The smallest absolute Gasteiger partial charge is 0.330 e. The molecule has 0 radical (unpaired) electrons. The van der Waals surface area contributed by atoms with Crippen molar-refractivity contribution in [2.45, 2.75) is 31.8 Å². The predicted octanol–water partition coefficient (Wildman–Crippen LogP) is -1.62. The number of aromatic amines is 1. The molecule has 0 aromatic carbocycles. The second-order valence-electron chi connectivity index (χ2n) is 4.38. The van der Waals surface area contributed by atoms with E-state index in [2.05, 4.69) is 0 Å². The summed E-state index contributed by atoms with van der Waals surface area (Å²) in [5, 5.41) is 18.6. The van der Waals surface area contributed by atoms with E-state index in [0.717, 1.165) is 10.8 Å². The van der Waals surface area contributed by atoms with E-state index in [9.17, 15) is 19.5 Å². The monoisotopic (exact) mass is 270 g/mol. The zero-order chi connectivity index (χ0) is 14.2. The standard InChI is InChI=1S/C11H14N2O6/c1-5(15)6-3-13(11(18)12-10(6)17)9-2-7(16)8(4-14)19-9/h3,7-9,14,16H,2,4H2,1H3,(H,12,17,18)/t7-,8+,9-/m1/s1. The summed E-state index contributed by atoms with van der Waals surface area (Å²) in [5.41, 5.74) is -1.65. The van der Waals surface area contributed by atoms with Crippen LogP contribution in [0, 0.1) is 0 Å². The first-order chi connectivity index (χ1) is 8.93. The van der Waals surface area contributed by atoms with Gasteiger partial charge in [0.1, 0.15) is 12.3 Å². The van der Waals surface area contributed by atoms with Crippen molar-refractivity contribution < 1.29 is 19.7 Å². The Kier molecular flexibility index (Phi) is 3.65. The summed E-state index contributed by atoms with van der Waals surface area (Å²) in [6, 6.07) is 0. The number of hydrogen-bond acceptors (Lipinski definition) is 6. The largest absolute Gasteiger partial charge is 0.394 e. The first kappa shape index (κ1) is 13.7. The minimum Gasteiger partial charge on any atom is -0.394 e. The minimum atomic E-state index is -0.908. The van der Waals surface area contributed by atoms with E-state index >= 15 is 0 Å². The molecule has 0 bridgehead atoms. The number of nitrogens with zero attached hydrogens (tertiary/aromatic N) is 1. The molecule has 19 heavy (non-hydrogen) atoms. The van der Waals surface area contributed by atoms with Gasteiger partial charge in [-0.15, -0.1) is 0 Å². The Bertz CT molecular complexity index is 604. The Balaban J connectivity index is 2.41. The Morgan fingerprint density at radius 3 is 2.79 bits per heavy atom. The molecule has 0 aliphatic carbocycles. The van der Waals surface area contributed by atoms with Crippen molar-refractivity contribution >= 4 is 5.78 Å². The van der Waals surface area contributed by atoms with Gasteiger partial charge in [-0.25, -0.2) is 4.79 Å². The summed E-state index contributed by atoms with van der Waals surface area (Å²) in [7, 11) is 0. The fourth-order valence-corrected chi connectivity index (χ4v) is 2.00. The molecule has 2 rings (SSSR count). The summed E-state index contributed by atoms with van der Waals surface area (Å²) in [6.07, 6.45) is -1.32. The fourth-order valence-electron chi connectivity index (χ4n) is 2.00. The Labute approximate surface area is 107 Å². The van der Waals surface area contributed by atoms with Crippen molar-refractivity contribution in [3.05, 3.63) is 32.6 Å². The normalized spacial score (nSPS) is 26.6. The molecule has 1 aromatic rings. The van der Waals surface area contributed by atoms with E-state index in [1.807, 2.05) is 4.98 Å². The number of aromatic nitrogens is 2. The van der Waals surface area contributed by atoms with Crippen LogP contribution >= 0.6 is 0 Å². The molecule has 0 saturated carbocycles. The van der Waals surface area contributed by atoms with Gasteiger partial charge in [-0.05, 0) is 6.92 Å². The minimum absolute atomic E-state index is 0.0918. The summed E-state index contributed by atoms with van der Waals surface area (Å²) in [5.74, 6) is -0.479. The lowest BCUT2D eigenvalue weighted by atomic mass is 10.2. The summed E-state index contributed by atoms with van der Waals surface area (Å²) in [6.45, 7) is 0.829. The zero-order valence-corrected chi connectivity index (χ0v) is 10.2. The quantitative estimate of drug-likeness (QED) is 0.567. The molecule has 8 nitrogen and oxygen atoms in total. The molecule has 1 aromatic heterocycles. The average molecular weight is 270 g/mol. The highest BCUT2D eigenvalue weighted by atomic mass is 16.5. The van der Waals surface area contributed by atoms with E-state index in [0.29, 0.717) is 0 Å². The van der Waals surface area contributed by atoms with Crippen LogP contribution < -0.4 is 11.2 Å². The van der Waals surface area contributed by atoms with Gasteiger partial charge in [0.15, 0.2) is 5.78 Å². The first-order valence-electron chi connectivity index (χ1n) is 5.74. The number of ether oxygens (including phenoxy) is 1. The van der Waals surface area contributed by atoms with Crippen molar-refractivity contribution in [3.8, 4) is 0 Å². The van der Waals surface area contributed by atoms with Gasteiger partial charge < -0.3 is 14.9 Å². The molecule has 8 heteroatoms. The van der Waals surface area contributed by atoms with Crippen molar-refractivity contribution in [2.24, 2.45) is 0 Å². The van der Waals surface area contributed by atoms with E-state index in [-0.39, 0.29) is 18.6 Å². The number of nitrogens with one attached hydrogen (secondary N) is 1. The van der Waals surface area contributed by atoms with Crippen LogP contribution in [0.1, 0.15) is 29.9 Å². The van der Waals surface area contributed by atoms with Crippen LogP contribution in [-0.4, -0.2) is 44.4 Å². The third-order valence-electron chi connectivity index (χ3n) is 3.04. The van der Waals surface area contributed by atoms with Crippen LogP contribution in [0.4, 0.5) is 0 Å². The van der Waals surface area contributed by atoms with Crippen molar-refractivity contribution in [1.29, 1.82) is 0 Å². The van der Waals surface area contributed by atoms with Gasteiger partial charge in [-0.1, -0.05) is 0 Å². The van der Waals surface area contributed by atoms with Crippen LogP contribution in [0.5, 0.6) is 0 Å². The second-order valence-corrected chi connectivity index (χ2v) is 4.38. The van der Waals surface area contributed by atoms with Crippen LogP contribution in [-0.2, 0) is 4.74 Å². The highest BCUT2D eigenvalue weighted by Crippen LogP contribution is 2.27. The van der Waals surface area contributed by atoms with Gasteiger partial charge in [0.05, 0.1) is 18.3 Å². The molecule has 3 N–H and O–H groups in total. The van der Waals surface area contributed by atoms with Crippen LogP contribution in [0.2, 0.25) is 0 Å². The molecular weight excluding hydrogens is 256 g/mol. The molecule has 0 amide bonds. The third kappa shape index (κ3) is 2.50. The first-order valence-corrected chi connectivity index (χ1v) is 5.74. The number of carbonyl (C=O) groups excluding carboxylic acids is 1. The Hall–Kier alpha value is -1.77. The molecule has 0 unspecified atom stereocenters. The Morgan fingerprint density at radius 2 is 2.26 bits per heavy atom. The van der Waals surface area contributed by atoms with Crippen LogP contribution in [0.3, 0.4) is 0 Å². The summed E-state index contributed by atoms with van der Waals surface area (Å²) < 4.78 is 6.33. The molecular formula is C11H14N2O6. The lowest BCUT2D eigenvalue weighted by Gasteiger charge is -2.14. The number of hydrogen-bond donors (Lipinski definition) is 3. The van der Waals surface area contributed by atoms with Gasteiger partial charge in [-0.3, -0.25) is 19.1 Å². The fraction of sp³-hybridized carbons (Fsp3) is 0.545. The molecule has 3 atom stereocenters. The number of aliphatic hydroxyl groups excluding tert-OH is 2. The van der Waals surface area contributed by atoms with Gasteiger partial charge in [0.2, 0.25) is 0 Å². The molecule has 1 saturated heterocycles. The molecule has 2 heterocycles. The number of rotatable bonds is 3. The lowest BCUT2D eigenvalue weighted by molar-refractivity contribution is -0.0459. The number of H-pyrrole nitrogens is 1. The Morgan fingerprint density at radius 1 is 1.58 bits per heavy atom. The summed E-state index contributed by atoms with van der Waals surface area (Å²) in [4.78, 5) is 36.4. The number of ketones is 1. The van der Waals surface area contributed by atoms with Crippen LogP contribution in [0.25, 0.3) is 0 Å². The zero-order valence-electron chi connectivity index (χ0n) is 10.2. The molecule has 1 fully saturated rings. The van der Waals surface area contributed by atoms with Gasteiger partial charge >= 0.3 is 5.69 Å². The van der Waals surface area contributed by atoms with Crippen molar-refractivity contribution in [1.82, 2.24) is 9.55 Å².